The normalized spacial score (nSPS) is 42.4. The molecular formula is C6H9NO4. The van der Waals surface area contributed by atoms with Gasteiger partial charge in [0.05, 0.1) is 0 Å². The van der Waals surface area contributed by atoms with Crippen LogP contribution in [0, 0.1) is 0 Å². The molecule has 2 bridgehead atoms. The highest BCUT2D eigenvalue weighted by atomic mass is 16.7. The number of carboxylic acid groups (broad SMARTS) is 1. The Morgan fingerprint density at radius 3 is 2.91 bits per heavy atom. The van der Waals surface area contributed by atoms with E-state index in [1.807, 2.05) is 0 Å². The van der Waals surface area contributed by atoms with Crippen molar-refractivity contribution in [3.63, 3.8) is 0 Å². The molecule has 0 aromatic rings. The summed E-state index contributed by atoms with van der Waals surface area (Å²) >= 11 is 0. The first-order valence-corrected chi connectivity index (χ1v) is 3.52. The molecule has 62 valence electrons. The Bertz CT molecular complexity index is 183. The molecule has 5 heteroatoms. The summed E-state index contributed by atoms with van der Waals surface area (Å²) in [4.78, 5) is 10.5. The predicted molar refractivity (Wildman–Crippen MR) is 34.0 cm³/mol. The van der Waals surface area contributed by atoms with Crippen LogP contribution in [-0.2, 0) is 14.3 Å². The van der Waals surface area contributed by atoms with Gasteiger partial charge in [-0.2, -0.15) is 0 Å². The van der Waals surface area contributed by atoms with Crippen molar-refractivity contribution >= 4 is 5.97 Å². The van der Waals surface area contributed by atoms with E-state index in [1.165, 1.54) is 0 Å². The van der Waals surface area contributed by atoms with E-state index in [0.29, 0.717) is 13.1 Å². The zero-order chi connectivity index (χ0) is 7.84. The topological polar surface area (TPSA) is 67.8 Å². The molecule has 0 amide bonds. The Balaban J connectivity index is 2.08. The highest BCUT2D eigenvalue weighted by Gasteiger charge is 2.43. The molecule has 2 N–H and O–H groups in total. The van der Waals surface area contributed by atoms with Crippen LogP contribution < -0.4 is 5.32 Å². The fourth-order valence-electron chi connectivity index (χ4n) is 1.36. The summed E-state index contributed by atoms with van der Waals surface area (Å²) in [6.45, 7) is 1.15. The van der Waals surface area contributed by atoms with Crippen molar-refractivity contribution < 1.29 is 19.4 Å². The lowest BCUT2D eigenvalue weighted by Crippen LogP contribution is -2.42. The quantitative estimate of drug-likeness (QED) is 0.502. The van der Waals surface area contributed by atoms with E-state index in [1.54, 1.807) is 0 Å². The zero-order valence-corrected chi connectivity index (χ0v) is 5.82. The lowest BCUT2D eigenvalue weighted by Gasteiger charge is -2.18. The molecule has 0 aromatic carbocycles. The van der Waals surface area contributed by atoms with Crippen LogP contribution >= 0.6 is 0 Å². The molecule has 11 heavy (non-hydrogen) atoms. The Kier molecular flexibility index (Phi) is 1.56. The maximum absolute atomic E-state index is 10.5. The van der Waals surface area contributed by atoms with Crippen LogP contribution in [0.2, 0.25) is 0 Å². The standard InChI is InChI=1S/C6H9NO4/c8-6(9)5-3-1-7-2-4(10-3)11-5/h3-5,7H,1-2H2,(H,8,9)/t3-,4?,5-/m1/s1. The van der Waals surface area contributed by atoms with Gasteiger partial charge >= 0.3 is 5.97 Å². The third kappa shape index (κ3) is 1.11. The lowest BCUT2D eigenvalue weighted by atomic mass is 10.2. The van der Waals surface area contributed by atoms with E-state index in [9.17, 15) is 4.79 Å². The van der Waals surface area contributed by atoms with Gasteiger partial charge in [0.15, 0.2) is 12.4 Å². The summed E-state index contributed by atoms with van der Waals surface area (Å²) in [5.41, 5.74) is 0. The van der Waals surface area contributed by atoms with Crippen molar-refractivity contribution in [2.45, 2.75) is 18.5 Å². The largest absolute Gasteiger partial charge is 0.479 e. The van der Waals surface area contributed by atoms with Crippen LogP contribution in [0.1, 0.15) is 0 Å². The number of rotatable bonds is 1. The molecule has 2 aliphatic heterocycles. The van der Waals surface area contributed by atoms with Gasteiger partial charge in [0, 0.05) is 13.1 Å². The summed E-state index contributed by atoms with van der Waals surface area (Å²) < 4.78 is 10.3. The highest BCUT2D eigenvalue weighted by molar-refractivity contribution is 5.73. The number of fused-ring (bicyclic) bond motifs is 2. The summed E-state index contributed by atoms with van der Waals surface area (Å²) in [5, 5.41) is 11.6. The second kappa shape index (κ2) is 2.44. The number of carbonyl (C=O) groups is 1. The van der Waals surface area contributed by atoms with Crippen LogP contribution in [-0.4, -0.2) is 42.7 Å². The van der Waals surface area contributed by atoms with Gasteiger partial charge in [0.2, 0.25) is 0 Å². The Morgan fingerprint density at radius 1 is 1.45 bits per heavy atom. The Morgan fingerprint density at radius 2 is 2.27 bits per heavy atom. The van der Waals surface area contributed by atoms with Crippen molar-refractivity contribution in [3.8, 4) is 0 Å². The predicted octanol–water partition coefficient (Wildman–Crippen LogP) is -1.22. The van der Waals surface area contributed by atoms with Gasteiger partial charge in [-0.15, -0.1) is 0 Å². The molecule has 0 saturated carbocycles. The SMILES string of the molecule is O=C(O)[C@@H]1OC2CNC[C@H]1O2. The van der Waals surface area contributed by atoms with Crippen LogP contribution in [0.4, 0.5) is 0 Å². The molecular weight excluding hydrogens is 150 g/mol. The number of nitrogens with one attached hydrogen (secondary N) is 1. The minimum Gasteiger partial charge on any atom is -0.479 e. The fourth-order valence-corrected chi connectivity index (χ4v) is 1.36. The number of morpholine rings is 1. The molecule has 2 fully saturated rings. The average Bonchev–Trinajstić information content (AvgIpc) is 2.27. The minimum atomic E-state index is -0.943. The molecule has 0 aromatic heterocycles. The molecule has 2 saturated heterocycles. The molecule has 0 radical (unpaired) electrons. The number of ether oxygens (including phenoxy) is 2. The monoisotopic (exact) mass is 159 g/mol. The van der Waals surface area contributed by atoms with Crippen molar-refractivity contribution in [1.29, 1.82) is 0 Å². The van der Waals surface area contributed by atoms with Crippen LogP contribution in [0.5, 0.6) is 0 Å². The molecule has 2 rings (SSSR count). The van der Waals surface area contributed by atoms with Crippen molar-refractivity contribution in [2.24, 2.45) is 0 Å². The molecule has 3 atom stereocenters. The van der Waals surface area contributed by atoms with Gasteiger partial charge in [-0.3, -0.25) is 0 Å². The second-order valence-electron chi connectivity index (χ2n) is 2.66. The number of carboxylic acids is 1. The van der Waals surface area contributed by atoms with Gasteiger partial charge in [-0.05, 0) is 0 Å². The first kappa shape index (κ1) is 7.02. The lowest BCUT2D eigenvalue weighted by molar-refractivity contribution is -0.149. The first-order valence-electron chi connectivity index (χ1n) is 3.52. The molecule has 5 nitrogen and oxygen atoms in total. The molecule has 0 aliphatic carbocycles. The van der Waals surface area contributed by atoms with Crippen LogP contribution in [0.25, 0.3) is 0 Å². The van der Waals surface area contributed by atoms with Gasteiger partial charge in [0.25, 0.3) is 0 Å². The Labute approximate surface area is 63.3 Å². The maximum Gasteiger partial charge on any atom is 0.335 e. The zero-order valence-electron chi connectivity index (χ0n) is 5.82. The molecule has 0 spiro atoms. The second-order valence-corrected chi connectivity index (χ2v) is 2.66. The van der Waals surface area contributed by atoms with Gasteiger partial charge in [0.1, 0.15) is 6.10 Å². The van der Waals surface area contributed by atoms with E-state index < -0.39 is 12.1 Å². The third-order valence-corrected chi connectivity index (χ3v) is 1.86. The Hall–Kier alpha value is -0.650. The van der Waals surface area contributed by atoms with E-state index >= 15 is 0 Å². The average molecular weight is 159 g/mol. The van der Waals surface area contributed by atoms with Gasteiger partial charge in [-0.1, -0.05) is 0 Å². The number of aliphatic carboxylic acids is 1. The van der Waals surface area contributed by atoms with Crippen molar-refractivity contribution in [1.82, 2.24) is 5.32 Å². The van der Waals surface area contributed by atoms with Crippen LogP contribution in [0.15, 0.2) is 0 Å². The highest BCUT2D eigenvalue weighted by Crippen LogP contribution is 2.21. The van der Waals surface area contributed by atoms with E-state index in [0.717, 1.165) is 0 Å². The van der Waals surface area contributed by atoms with Crippen molar-refractivity contribution in [3.05, 3.63) is 0 Å². The molecule has 1 unspecified atom stereocenters. The summed E-state index contributed by atoms with van der Waals surface area (Å²) in [5.74, 6) is -0.943. The minimum absolute atomic E-state index is 0.314. The fraction of sp³-hybridized carbons (Fsp3) is 0.833. The first-order chi connectivity index (χ1) is 5.27. The number of hydrogen-bond donors (Lipinski definition) is 2. The summed E-state index contributed by atoms with van der Waals surface area (Å²) in [6.07, 6.45) is -1.46. The summed E-state index contributed by atoms with van der Waals surface area (Å²) in [7, 11) is 0. The molecule has 2 heterocycles. The van der Waals surface area contributed by atoms with Gasteiger partial charge < -0.3 is 19.9 Å². The molecule has 2 aliphatic rings. The third-order valence-electron chi connectivity index (χ3n) is 1.86. The van der Waals surface area contributed by atoms with E-state index in [2.05, 4.69) is 5.32 Å². The maximum atomic E-state index is 10.5. The smallest absolute Gasteiger partial charge is 0.335 e. The van der Waals surface area contributed by atoms with Gasteiger partial charge in [-0.25, -0.2) is 4.79 Å². The van der Waals surface area contributed by atoms with Crippen molar-refractivity contribution in [2.75, 3.05) is 13.1 Å². The van der Waals surface area contributed by atoms with Crippen LogP contribution in [0.3, 0.4) is 0 Å². The van der Waals surface area contributed by atoms with E-state index in [-0.39, 0.29) is 12.4 Å². The van der Waals surface area contributed by atoms with E-state index in [4.69, 9.17) is 14.6 Å². The number of hydrogen-bond acceptors (Lipinski definition) is 4. The summed E-state index contributed by atoms with van der Waals surface area (Å²) in [6, 6.07) is 0.